The lowest BCUT2D eigenvalue weighted by Crippen LogP contribution is -2.25. The summed E-state index contributed by atoms with van der Waals surface area (Å²) in [5, 5.41) is 40.6. The van der Waals surface area contributed by atoms with Crippen LogP contribution in [-0.4, -0.2) is 40.4 Å². The monoisotopic (exact) mass is 1070 g/mol. The van der Waals surface area contributed by atoms with Crippen molar-refractivity contribution in [2.24, 2.45) is 0 Å². The van der Waals surface area contributed by atoms with Crippen molar-refractivity contribution in [2.45, 2.75) is 79.1 Å². The molecule has 78 heavy (non-hydrogen) atoms. The second-order valence-corrected chi connectivity index (χ2v) is 19.6. The van der Waals surface area contributed by atoms with Gasteiger partial charge < -0.3 is 19.3 Å². The van der Waals surface area contributed by atoms with Crippen LogP contribution in [0, 0.1) is 65.0 Å². The Bertz CT molecular complexity index is 3390. The maximum absolute atomic E-state index is 9.84. The molecule has 13 heteroatoms. The van der Waals surface area contributed by atoms with E-state index in [1.54, 1.807) is 86.2 Å². The smallest absolute Gasteiger partial charge is 0.496 e. The highest BCUT2D eigenvalue weighted by Gasteiger charge is 2.12. The van der Waals surface area contributed by atoms with Crippen LogP contribution in [0.25, 0.3) is 61.5 Å². The van der Waals surface area contributed by atoms with Gasteiger partial charge in [-0.3, -0.25) is 0 Å². The van der Waals surface area contributed by atoms with Gasteiger partial charge in [0.05, 0.1) is 37.7 Å². The minimum atomic E-state index is -0.0259. The van der Waals surface area contributed by atoms with Gasteiger partial charge in [0.15, 0.2) is 0 Å². The van der Waals surface area contributed by atoms with Gasteiger partial charge in [0.2, 0.25) is 0 Å². The van der Waals surface area contributed by atoms with Gasteiger partial charge >= 0.3 is 5.82 Å². The molecule has 0 amide bonds. The standard InChI is InChI=1S/C32H32N4OS.C21H29NOS.C12H4N4/c1-5-7-19-36(20-8-6-2)27-15-13-26(31(21-27)37-4)14-16-28-17-18-32(38-28)29(22-33)24-9-11-25(12-10-24)30(23-34)35-3;1-4-6-14-22(15-7-5-2)19-12-10-18(21(17-19)23-3)11-13-20-9-8-16-24-20;1-15-12(16-2)10-5-3-9(4-6-10)11(7-13)8-14/h9-18,21H,5-8,19-20H2,1-2,4H3;8-13,16-17H,4-7,14-15H2,1-3H3;3-6H/b16-14+,29-24?,30-25?;13-11+;. The fourth-order valence-electron chi connectivity index (χ4n) is 7.82. The number of methoxy groups -OCH3 is 2. The number of ether oxygens (including phenoxy) is 2. The van der Waals surface area contributed by atoms with E-state index in [0.717, 1.165) is 63.8 Å². The van der Waals surface area contributed by atoms with Crippen LogP contribution in [0.5, 0.6) is 11.5 Å². The summed E-state index contributed by atoms with van der Waals surface area (Å²) < 4.78 is 11.4. The molecule has 0 radical (unpaired) electrons. The summed E-state index contributed by atoms with van der Waals surface area (Å²) in [6.07, 6.45) is 17.9. The quantitative estimate of drug-likeness (QED) is 0.0651. The molecule has 2 aromatic heterocycles. The van der Waals surface area contributed by atoms with E-state index < -0.39 is 0 Å². The molecule has 0 aliphatic rings. The van der Waals surface area contributed by atoms with E-state index in [4.69, 9.17) is 45.0 Å². The summed E-state index contributed by atoms with van der Waals surface area (Å²) in [5.74, 6) is 1.76. The van der Waals surface area contributed by atoms with Gasteiger partial charge in [0.25, 0.3) is 5.70 Å². The Kier molecular flexibility index (Phi) is 27.1. The lowest BCUT2D eigenvalue weighted by molar-refractivity contribution is 0.413. The Hall–Kier alpha value is -9.13. The first-order chi connectivity index (χ1) is 38.1. The van der Waals surface area contributed by atoms with Crippen molar-refractivity contribution in [2.75, 3.05) is 50.2 Å². The number of nitriles is 4. The van der Waals surface area contributed by atoms with Crippen LogP contribution < -0.4 is 40.1 Å². The van der Waals surface area contributed by atoms with E-state index >= 15 is 0 Å². The van der Waals surface area contributed by atoms with E-state index in [-0.39, 0.29) is 17.1 Å². The molecule has 0 atom stereocenters. The summed E-state index contributed by atoms with van der Waals surface area (Å²) in [7, 11) is 3.46. The van der Waals surface area contributed by atoms with Crippen LogP contribution in [0.1, 0.15) is 105 Å². The summed E-state index contributed by atoms with van der Waals surface area (Å²) in [4.78, 5) is 17.5. The molecule has 2 heterocycles. The van der Waals surface area contributed by atoms with Crippen LogP contribution in [0.15, 0.2) is 115 Å². The molecule has 6 aromatic rings. The van der Waals surface area contributed by atoms with E-state index in [1.807, 2.05) is 30.4 Å². The molecule has 0 aliphatic carbocycles. The number of hydrogen-bond acceptors (Lipinski definition) is 10. The topological polar surface area (TPSA) is 133 Å². The van der Waals surface area contributed by atoms with Gasteiger partial charge in [-0.2, -0.15) is 25.5 Å². The number of benzene rings is 4. The van der Waals surface area contributed by atoms with Gasteiger partial charge in [0.1, 0.15) is 48.4 Å². The number of hydrogen-bond donors (Lipinski definition) is 0. The summed E-state index contributed by atoms with van der Waals surface area (Å²) in [5.41, 5.74) is 5.19. The van der Waals surface area contributed by atoms with E-state index in [9.17, 15) is 5.26 Å². The molecule has 11 nitrogen and oxygen atoms in total. The average Bonchev–Trinajstić information content (AvgIpc) is 4.20. The predicted molar refractivity (Wildman–Crippen MR) is 323 cm³/mol. The van der Waals surface area contributed by atoms with Crippen LogP contribution >= 0.6 is 22.7 Å². The molecule has 0 N–H and O–H groups in total. The van der Waals surface area contributed by atoms with Gasteiger partial charge in [0, 0.05) is 80.7 Å². The van der Waals surface area contributed by atoms with Crippen molar-refractivity contribution >= 4 is 81.0 Å². The van der Waals surface area contributed by atoms with Gasteiger partial charge in [-0.25, -0.2) is 10.1 Å². The van der Waals surface area contributed by atoms with Crippen molar-refractivity contribution < 1.29 is 9.47 Å². The summed E-state index contributed by atoms with van der Waals surface area (Å²) in [6.45, 7) is 33.9. The van der Waals surface area contributed by atoms with Crippen LogP contribution in [0.2, 0.25) is 0 Å². The third-order valence-electron chi connectivity index (χ3n) is 12.2. The first-order valence-corrected chi connectivity index (χ1v) is 27.6. The molecule has 4 aromatic carbocycles. The zero-order valence-corrected chi connectivity index (χ0v) is 47.1. The van der Waals surface area contributed by atoms with Gasteiger partial charge in [-0.15, -0.1) is 22.7 Å². The number of thiophene rings is 2. The first kappa shape index (κ1) is 61.4. The zero-order valence-electron chi connectivity index (χ0n) is 45.4. The van der Waals surface area contributed by atoms with Crippen LogP contribution in [0.4, 0.5) is 11.4 Å². The first-order valence-electron chi connectivity index (χ1n) is 25.9. The molecule has 0 bridgehead atoms. The molecular formula is C65H65N9O2S2. The van der Waals surface area contributed by atoms with Crippen molar-refractivity contribution in [3.8, 4) is 35.8 Å². The third-order valence-corrected chi connectivity index (χ3v) is 14.1. The Balaban J connectivity index is 0.000000279. The average molecular weight is 1070 g/mol. The predicted octanol–water partition coefficient (Wildman–Crippen LogP) is 13.7. The van der Waals surface area contributed by atoms with Crippen LogP contribution in [-0.2, 0) is 0 Å². The van der Waals surface area contributed by atoms with Gasteiger partial charge in [-0.1, -0.05) is 108 Å². The second-order valence-electron chi connectivity index (χ2n) is 17.5. The molecule has 6 rings (SSSR count). The lowest BCUT2D eigenvalue weighted by Gasteiger charge is -2.25. The number of rotatable bonds is 21. The normalized spacial score (nSPS) is 10.1. The molecule has 394 valence electrons. The molecular weight excluding hydrogens is 1000 g/mol. The van der Waals surface area contributed by atoms with Gasteiger partial charge in [-0.05, 0) is 108 Å². The highest BCUT2D eigenvalue weighted by Crippen LogP contribution is 2.31. The second kappa shape index (κ2) is 34.4. The fourth-order valence-corrected chi connectivity index (χ4v) is 9.36. The lowest BCUT2D eigenvalue weighted by atomic mass is 10.1. The maximum atomic E-state index is 9.84. The Morgan fingerprint density at radius 1 is 0.526 bits per heavy atom. The zero-order chi connectivity index (χ0) is 56.5. The minimum Gasteiger partial charge on any atom is -0.496 e. The molecule has 0 spiro atoms. The van der Waals surface area contributed by atoms with E-state index in [0.29, 0.717) is 21.2 Å². The number of anilines is 2. The number of nitrogens with zero attached hydrogens (tertiary/aromatic N) is 9. The van der Waals surface area contributed by atoms with Crippen molar-refractivity contribution in [3.05, 3.63) is 195 Å². The molecule has 0 saturated heterocycles. The largest absolute Gasteiger partial charge is 0.526 e. The highest BCUT2D eigenvalue weighted by atomic mass is 32.1. The SMILES string of the molecule is CCCCN(CCCC)c1ccc(/C=C/c2cccs2)c(OC)c1.[C-]#[N+]C(C#N)=c1ccc(=C(C#N)c2ccc(/C=C/c3ccc(N(CCCC)CCCC)cc3OC)s2)cc1.[C-]#[N+]C([N+]#[C-])=c1ccc(=C(C#N)C#N)cc1. The third kappa shape index (κ3) is 18.6. The molecule has 0 unspecified atom stereocenters. The number of unbranched alkanes of at least 4 members (excludes halogenated alkanes) is 4. The Morgan fingerprint density at radius 3 is 1.41 bits per heavy atom. The Labute approximate surface area is 469 Å². The maximum Gasteiger partial charge on any atom is 0.526 e. The minimum absolute atomic E-state index is 0.0127. The molecule has 0 saturated carbocycles. The molecule has 0 fully saturated rings. The van der Waals surface area contributed by atoms with Crippen molar-refractivity contribution in [1.29, 1.82) is 21.0 Å². The van der Waals surface area contributed by atoms with Crippen molar-refractivity contribution in [3.63, 3.8) is 0 Å². The molecule has 0 aliphatic heterocycles. The fraction of sp³-hybridized carbons (Fsp3) is 0.277. The van der Waals surface area contributed by atoms with Crippen LogP contribution in [0.3, 0.4) is 0 Å². The Morgan fingerprint density at radius 2 is 1.00 bits per heavy atom. The van der Waals surface area contributed by atoms with E-state index in [2.05, 4.69) is 124 Å². The summed E-state index contributed by atoms with van der Waals surface area (Å²) >= 11 is 3.28. The summed E-state index contributed by atoms with van der Waals surface area (Å²) in [6, 6.07) is 42.0. The van der Waals surface area contributed by atoms with E-state index in [1.165, 1.54) is 79.0 Å². The highest BCUT2D eigenvalue weighted by molar-refractivity contribution is 7.14. The van der Waals surface area contributed by atoms with Crippen molar-refractivity contribution in [1.82, 2.24) is 0 Å².